The van der Waals surface area contributed by atoms with Crippen molar-refractivity contribution in [3.63, 3.8) is 0 Å². The smallest absolute Gasteiger partial charge is 0.269 e. The average Bonchev–Trinajstić information content (AvgIpc) is 2.55. The number of nitrogens with one attached hydrogen (secondary N) is 2. The summed E-state index contributed by atoms with van der Waals surface area (Å²) < 4.78 is 5.28. The Hall–Kier alpha value is -3.09. The van der Waals surface area contributed by atoms with Crippen molar-refractivity contribution in [2.45, 2.75) is 19.9 Å². The monoisotopic (exact) mass is 329 g/mol. The van der Waals surface area contributed by atoms with Gasteiger partial charge in [-0.25, -0.2) is 0 Å². The van der Waals surface area contributed by atoms with Gasteiger partial charge in [0.25, 0.3) is 5.69 Å². The Bertz CT molecular complexity index is 744. The number of nitrogens with zero attached hydrogens (tertiary/aromatic N) is 1. The Kier molecular flexibility index (Phi) is 5.36. The molecule has 0 aliphatic carbocycles. The summed E-state index contributed by atoms with van der Waals surface area (Å²) in [6.45, 7) is 3.68. The zero-order valence-corrected chi connectivity index (χ0v) is 13.7. The van der Waals surface area contributed by atoms with E-state index in [1.165, 1.54) is 24.3 Å². The molecule has 1 amide bonds. The minimum Gasteiger partial charge on any atom is -0.495 e. The molecule has 2 aromatic carbocycles. The molecule has 0 saturated carbocycles. The molecule has 0 bridgehead atoms. The maximum Gasteiger partial charge on any atom is 0.269 e. The Labute approximate surface area is 139 Å². The summed E-state index contributed by atoms with van der Waals surface area (Å²) in [6.07, 6.45) is 0. The summed E-state index contributed by atoms with van der Waals surface area (Å²) in [4.78, 5) is 22.4. The van der Waals surface area contributed by atoms with Crippen LogP contribution >= 0.6 is 0 Å². The molecule has 0 radical (unpaired) electrons. The van der Waals surface area contributed by atoms with Gasteiger partial charge in [-0.05, 0) is 43.7 Å². The van der Waals surface area contributed by atoms with Crippen molar-refractivity contribution < 1.29 is 14.5 Å². The quantitative estimate of drug-likeness (QED) is 0.626. The fourth-order valence-corrected chi connectivity index (χ4v) is 2.15. The predicted molar refractivity (Wildman–Crippen MR) is 92.5 cm³/mol. The summed E-state index contributed by atoms with van der Waals surface area (Å²) in [6, 6.07) is 10.8. The van der Waals surface area contributed by atoms with Gasteiger partial charge in [0.05, 0.1) is 17.7 Å². The first kappa shape index (κ1) is 17.3. The summed E-state index contributed by atoms with van der Waals surface area (Å²) in [5.41, 5.74) is 2.24. The van der Waals surface area contributed by atoms with Gasteiger partial charge in [-0.15, -0.1) is 0 Å². The fourth-order valence-electron chi connectivity index (χ4n) is 2.15. The molecule has 1 atom stereocenters. The summed E-state index contributed by atoms with van der Waals surface area (Å²) in [5, 5.41) is 16.5. The van der Waals surface area contributed by atoms with Crippen LogP contribution < -0.4 is 15.4 Å². The molecule has 24 heavy (non-hydrogen) atoms. The molecule has 0 spiro atoms. The highest BCUT2D eigenvalue weighted by Gasteiger charge is 2.15. The lowest BCUT2D eigenvalue weighted by Gasteiger charge is -2.18. The van der Waals surface area contributed by atoms with E-state index in [4.69, 9.17) is 4.74 Å². The maximum atomic E-state index is 12.3. The molecular weight excluding hydrogens is 310 g/mol. The molecule has 1 unspecified atom stereocenters. The molecule has 0 aromatic heterocycles. The van der Waals surface area contributed by atoms with E-state index in [0.717, 1.165) is 11.3 Å². The number of hydrogen-bond donors (Lipinski definition) is 2. The van der Waals surface area contributed by atoms with Gasteiger partial charge in [-0.1, -0.05) is 6.07 Å². The zero-order chi connectivity index (χ0) is 17.7. The summed E-state index contributed by atoms with van der Waals surface area (Å²) >= 11 is 0. The van der Waals surface area contributed by atoms with Gasteiger partial charge in [0.15, 0.2) is 0 Å². The highest BCUT2D eigenvalue weighted by Crippen LogP contribution is 2.26. The molecule has 7 heteroatoms. The van der Waals surface area contributed by atoms with Crippen LogP contribution in [0.25, 0.3) is 0 Å². The van der Waals surface area contributed by atoms with E-state index in [2.05, 4.69) is 10.6 Å². The van der Waals surface area contributed by atoms with Gasteiger partial charge >= 0.3 is 0 Å². The van der Waals surface area contributed by atoms with E-state index >= 15 is 0 Å². The second kappa shape index (κ2) is 7.45. The lowest BCUT2D eigenvalue weighted by Crippen LogP contribution is -2.32. The largest absolute Gasteiger partial charge is 0.495 e. The minimum atomic E-state index is -0.518. The maximum absolute atomic E-state index is 12.3. The SMILES string of the molecule is COc1ccc(C)cc1NC(C)C(=O)Nc1ccc([N+](=O)[O-])cc1. The third-order valence-electron chi connectivity index (χ3n) is 3.47. The van der Waals surface area contributed by atoms with Crippen molar-refractivity contribution in [2.24, 2.45) is 0 Å². The molecule has 126 valence electrons. The zero-order valence-electron chi connectivity index (χ0n) is 13.7. The second-order valence-corrected chi connectivity index (χ2v) is 5.36. The lowest BCUT2D eigenvalue weighted by atomic mass is 10.2. The molecular formula is C17H19N3O4. The molecule has 0 fully saturated rings. The van der Waals surface area contributed by atoms with Gasteiger partial charge in [-0.3, -0.25) is 14.9 Å². The number of anilines is 2. The molecule has 7 nitrogen and oxygen atoms in total. The Morgan fingerprint density at radius 1 is 1.21 bits per heavy atom. The van der Waals surface area contributed by atoms with Crippen LogP contribution in [0.1, 0.15) is 12.5 Å². The molecule has 0 heterocycles. The third kappa shape index (κ3) is 4.22. The number of carbonyl (C=O) groups excluding carboxylic acids is 1. The molecule has 2 N–H and O–H groups in total. The van der Waals surface area contributed by atoms with Crippen molar-refractivity contribution in [3.05, 3.63) is 58.1 Å². The van der Waals surface area contributed by atoms with Crippen LogP contribution in [0, 0.1) is 17.0 Å². The highest BCUT2D eigenvalue weighted by molar-refractivity contribution is 5.96. The van der Waals surface area contributed by atoms with Crippen molar-refractivity contribution >= 4 is 23.0 Å². The van der Waals surface area contributed by atoms with E-state index < -0.39 is 11.0 Å². The summed E-state index contributed by atoms with van der Waals surface area (Å²) in [5.74, 6) is 0.392. The number of hydrogen-bond acceptors (Lipinski definition) is 5. The van der Waals surface area contributed by atoms with Crippen LogP contribution in [0.5, 0.6) is 5.75 Å². The average molecular weight is 329 g/mol. The number of benzene rings is 2. The van der Waals surface area contributed by atoms with Crippen molar-refractivity contribution in [1.29, 1.82) is 0 Å². The van der Waals surface area contributed by atoms with Crippen molar-refractivity contribution in [3.8, 4) is 5.75 Å². The first-order valence-corrected chi connectivity index (χ1v) is 7.37. The molecule has 0 aliphatic rings. The number of nitro benzene ring substituents is 1. The predicted octanol–water partition coefficient (Wildman–Crippen LogP) is 3.35. The first-order valence-electron chi connectivity index (χ1n) is 7.37. The standard InChI is InChI=1S/C17H19N3O4/c1-11-4-9-16(24-3)15(10-11)18-12(2)17(21)19-13-5-7-14(8-6-13)20(22)23/h4-10,12,18H,1-3H3,(H,19,21). The van der Waals surface area contributed by atoms with Gasteiger partial charge in [-0.2, -0.15) is 0 Å². The van der Waals surface area contributed by atoms with Crippen LogP contribution in [0.3, 0.4) is 0 Å². The van der Waals surface area contributed by atoms with E-state index in [0.29, 0.717) is 11.4 Å². The Morgan fingerprint density at radius 3 is 2.46 bits per heavy atom. The first-order chi connectivity index (χ1) is 11.4. The molecule has 2 rings (SSSR count). The van der Waals surface area contributed by atoms with Crippen LogP contribution in [0.2, 0.25) is 0 Å². The fraction of sp³-hybridized carbons (Fsp3) is 0.235. The number of rotatable bonds is 6. The van der Waals surface area contributed by atoms with Gasteiger partial charge < -0.3 is 15.4 Å². The third-order valence-corrected chi connectivity index (χ3v) is 3.47. The van der Waals surface area contributed by atoms with Crippen LogP contribution in [-0.4, -0.2) is 24.0 Å². The van der Waals surface area contributed by atoms with E-state index in [9.17, 15) is 14.9 Å². The van der Waals surface area contributed by atoms with E-state index in [-0.39, 0.29) is 11.6 Å². The number of amides is 1. The molecule has 2 aromatic rings. The Balaban J connectivity index is 2.04. The van der Waals surface area contributed by atoms with Crippen LogP contribution in [0.15, 0.2) is 42.5 Å². The number of non-ortho nitro benzene ring substituents is 1. The van der Waals surface area contributed by atoms with Gasteiger partial charge in [0.1, 0.15) is 11.8 Å². The number of carbonyl (C=O) groups is 1. The molecule has 0 saturated heterocycles. The van der Waals surface area contributed by atoms with Crippen molar-refractivity contribution in [2.75, 3.05) is 17.7 Å². The molecule has 0 aliphatic heterocycles. The van der Waals surface area contributed by atoms with Crippen molar-refractivity contribution in [1.82, 2.24) is 0 Å². The number of methoxy groups -OCH3 is 1. The van der Waals surface area contributed by atoms with Gasteiger partial charge in [0.2, 0.25) is 5.91 Å². The highest BCUT2D eigenvalue weighted by atomic mass is 16.6. The van der Waals surface area contributed by atoms with Crippen LogP contribution in [-0.2, 0) is 4.79 Å². The summed E-state index contributed by atoms with van der Waals surface area (Å²) in [7, 11) is 1.57. The van der Waals surface area contributed by atoms with Gasteiger partial charge in [0, 0.05) is 17.8 Å². The normalized spacial score (nSPS) is 11.5. The number of aryl methyl sites for hydroxylation is 1. The Morgan fingerprint density at radius 2 is 1.88 bits per heavy atom. The topological polar surface area (TPSA) is 93.5 Å². The number of ether oxygens (including phenoxy) is 1. The van der Waals surface area contributed by atoms with Crippen LogP contribution in [0.4, 0.5) is 17.1 Å². The van der Waals surface area contributed by atoms with E-state index in [1.54, 1.807) is 14.0 Å². The van der Waals surface area contributed by atoms with E-state index in [1.807, 2.05) is 25.1 Å². The number of nitro groups is 1. The second-order valence-electron chi connectivity index (χ2n) is 5.36. The lowest BCUT2D eigenvalue weighted by molar-refractivity contribution is -0.384. The minimum absolute atomic E-state index is 0.0244.